The number of aromatic nitrogens is 3. The molecule has 3 rings (SSSR count). The highest BCUT2D eigenvalue weighted by Crippen LogP contribution is 2.18. The van der Waals surface area contributed by atoms with Gasteiger partial charge in [-0.3, -0.25) is 4.79 Å². The number of benzene rings is 2. The number of carbonyl (C=O) groups is 2. The van der Waals surface area contributed by atoms with Gasteiger partial charge in [0.2, 0.25) is 0 Å². The zero-order valence-corrected chi connectivity index (χ0v) is 14.2. The van der Waals surface area contributed by atoms with Crippen LogP contribution in [0.25, 0.3) is 11.0 Å². The van der Waals surface area contributed by atoms with Crippen molar-refractivity contribution in [3.63, 3.8) is 0 Å². The quantitative estimate of drug-likeness (QED) is 0.683. The van der Waals surface area contributed by atoms with Gasteiger partial charge in [-0.05, 0) is 41.6 Å². The van der Waals surface area contributed by atoms with Gasteiger partial charge in [-0.1, -0.05) is 16.4 Å². The third-order valence-electron chi connectivity index (χ3n) is 3.36. The molecule has 10 heteroatoms. The second kappa shape index (κ2) is 7.36. The molecule has 0 radical (unpaired) electrons. The van der Waals surface area contributed by atoms with E-state index in [1.165, 1.54) is 31.4 Å². The van der Waals surface area contributed by atoms with Crippen LogP contribution in [0.3, 0.4) is 0 Å². The first-order valence-corrected chi connectivity index (χ1v) is 7.67. The van der Waals surface area contributed by atoms with Crippen LogP contribution in [0, 0.1) is 5.82 Å². The molecule has 1 heterocycles. The van der Waals surface area contributed by atoms with E-state index in [1.807, 2.05) is 0 Å². The fraction of sp³-hybridized carbons (Fsp3) is 0.125. The van der Waals surface area contributed by atoms with Gasteiger partial charge in [-0.15, -0.1) is 5.10 Å². The van der Waals surface area contributed by atoms with Gasteiger partial charge >= 0.3 is 5.97 Å². The van der Waals surface area contributed by atoms with E-state index in [0.717, 1.165) is 10.9 Å². The molecule has 0 atom stereocenters. The summed E-state index contributed by atoms with van der Waals surface area (Å²) in [6.45, 7) is -0.455. The summed E-state index contributed by atoms with van der Waals surface area (Å²) in [7, 11) is 1.26. The number of methoxy groups -OCH3 is 1. The molecule has 0 aliphatic heterocycles. The lowest BCUT2D eigenvalue weighted by Crippen LogP contribution is -2.26. The van der Waals surface area contributed by atoms with Gasteiger partial charge in [-0.2, -0.15) is 0 Å². The monoisotopic (exact) mass is 378 g/mol. The first kappa shape index (κ1) is 17.6. The van der Waals surface area contributed by atoms with Crippen LogP contribution >= 0.6 is 11.6 Å². The number of hydrogen-bond donors (Lipinski definition) is 1. The Hall–Kier alpha value is -3.20. The number of hydrogen-bond acceptors (Lipinski definition) is 6. The predicted molar refractivity (Wildman–Crippen MR) is 90.4 cm³/mol. The van der Waals surface area contributed by atoms with Crippen LogP contribution in [0.4, 0.5) is 10.1 Å². The molecule has 0 bridgehead atoms. The van der Waals surface area contributed by atoms with Gasteiger partial charge in [0.25, 0.3) is 5.91 Å². The van der Waals surface area contributed by atoms with E-state index in [0.29, 0.717) is 11.0 Å². The standard InChI is InChI=1S/C16H12ClFN4O4/c1-25-16(24)9-2-4-13-14(6-9)22(21-20-13)26-8-15(23)19-12-5-3-10(17)7-11(12)18/h2-7H,8H2,1H3,(H,19,23). The molecule has 26 heavy (non-hydrogen) atoms. The van der Waals surface area contributed by atoms with Gasteiger partial charge in [0, 0.05) is 5.02 Å². The average Bonchev–Trinajstić information content (AvgIpc) is 3.04. The third-order valence-corrected chi connectivity index (χ3v) is 3.59. The number of halogens is 2. The van der Waals surface area contributed by atoms with Crippen LogP contribution in [-0.4, -0.2) is 40.8 Å². The van der Waals surface area contributed by atoms with Crippen LogP contribution in [-0.2, 0) is 9.53 Å². The number of esters is 1. The molecule has 0 spiro atoms. The number of amides is 1. The van der Waals surface area contributed by atoms with Gasteiger partial charge in [0.05, 0.1) is 18.4 Å². The minimum Gasteiger partial charge on any atom is -0.465 e. The van der Waals surface area contributed by atoms with Crippen molar-refractivity contribution >= 4 is 40.2 Å². The average molecular weight is 379 g/mol. The first-order chi connectivity index (χ1) is 12.5. The van der Waals surface area contributed by atoms with E-state index in [-0.39, 0.29) is 16.3 Å². The Morgan fingerprint density at radius 3 is 2.81 bits per heavy atom. The second-order valence-corrected chi connectivity index (χ2v) is 5.54. The Kier molecular flexibility index (Phi) is 4.99. The number of carbonyl (C=O) groups excluding carboxylic acids is 2. The lowest BCUT2D eigenvalue weighted by Gasteiger charge is -2.08. The lowest BCUT2D eigenvalue weighted by atomic mass is 10.2. The van der Waals surface area contributed by atoms with Crippen LogP contribution in [0.15, 0.2) is 36.4 Å². The molecular formula is C16H12ClFN4O4. The fourth-order valence-corrected chi connectivity index (χ4v) is 2.29. The second-order valence-electron chi connectivity index (χ2n) is 5.10. The number of rotatable bonds is 5. The van der Waals surface area contributed by atoms with Crippen molar-refractivity contribution in [3.05, 3.63) is 52.8 Å². The van der Waals surface area contributed by atoms with E-state index in [4.69, 9.17) is 16.4 Å². The zero-order chi connectivity index (χ0) is 18.7. The van der Waals surface area contributed by atoms with E-state index in [2.05, 4.69) is 20.4 Å². The maximum atomic E-state index is 13.7. The highest BCUT2D eigenvalue weighted by atomic mass is 35.5. The minimum atomic E-state index is -0.667. The van der Waals surface area contributed by atoms with Crippen molar-refractivity contribution in [2.45, 2.75) is 0 Å². The largest absolute Gasteiger partial charge is 0.465 e. The third kappa shape index (κ3) is 3.72. The van der Waals surface area contributed by atoms with Crippen LogP contribution in [0.2, 0.25) is 5.02 Å². The summed E-state index contributed by atoms with van der Waals surface area (Å²) in [5, 5.41) is 10.2. The molecule has 134 valence electrons. The molecular weight excluding hydrogens is 367 g/mol. The van der Waals surface area contributed by atoms with Crippen molar-refractivity contribution in [1.82, 2.24) is 15.2 Å². The molecule has 2 aromatic carbocycles. The summed E-state index contributed by atoms with van der Waals surface area (Å²) in [4.78, 5) is 29.8. The lowest BCUT2D eigenvalue weighted by molar-refractivity contribution is -0.121. The molecule has 0 aliphatic carbocycles. The van der Waals surface area contributed by atoms with E-state index in [9.17, 15) is 14.0 Å². The fourth-order valence-electron chi connectivity index (χ4n) is 2.14. The number of anilines is 1. The van der Waals surface area contributed by atoms with Crippen molar-refractivity contribution in [1.29, 1.82) is 0 Å². The van der Waals surface area contributed by atoms with Gasteiger partial charge in [-0.25, -0.2) is 9.18 Å². The van der Waals surface area contributed by atoms with Crippen LogP contribution in [0.5, 0.6) is 0 Å². The minimum absolute atomic E-state index is 0.0283. The molecule has 0 saturated carbocycles. The Morgan fingerprint density at radius 1 is 1.27 bits per heavy atom. The molecule has 3 aromatic rings. The molecule has 8 nitrogen and oxygen atoms in total. The van der Waals surface area contributed by atoms with Crippen LogP contribution < -0.4 is 10.2 Å². The zero-order valence-electron chi connectivity index (χ0n) is 13.4. The smallest absolute Gasteiger partial charge is 0.337 e. The summed E-state index contributed by atoms with van der Waals surface area (Å²) in [5.41, 5.74) is 1.08. The van der Waals surface area contributed by atoms with Crippen molar-refractivity contribution in [3.8, 4) is 0 Å². The Morgan fingerprint density at radius 2 is 2.08 bits per heavy atom. The summed E-state index contributed by atoms with van der Waals surface area (Å²) in [6.07, 6.45) is 0. The normalized spacial score (nSPS) is 10.6. The van der Waals surface area contributed by atoms with E-state index < -0.39 is 24.3 Å². The van der Waals surface area contributed by atoms with Crippen molar-refractivity contribution in [2.24, 2.45) is 0 Å². The number of ether oxygens (including phenoxy) is 1. The van der Waals surface area contributed by atoms with Gasteiger partial charge in [0.15, 0.2) is 6.61 Å². The Balaban J connectivity index is 1.70. The van der Waals surface area contributed by atoms with Crippen LogP contribution in [0.1, 0.15) is 10.4 Å². The molecule has 0 aliphatic rings. The maximum absolute atomic E-state index is 13.7. The molecule has 0 saturated heterocycles. The summed E-state index contributed by atoms with van der Waals surface area (Å²) in [6, 6.07) is 8.43. The summed E-state index contributed by atoms with van der Waals surface area (Å²) < 4.78 is 18.3. The Bertz CT molecular complexity index is 992. The highest BCUT2D eigenvalue weighted by Gasteiger charge is 2.13. The molecule has 1 N–H and O–H groups in total. The first-order valence-electron chi connectivity index (χ1n) is 7.30. The van der Waals surface area contributed by atoms with Crippen molar-refractivity contribution < 1.29 is 23.6 Å². The molecule has 1 amide bonds. The van der Waals surface area contributed by atoms with E-state index >= 15 is 0 Å². The molecule has 0 fully saturated rings. The number of fused-ring (bicyclic) bond motifs is 1. The molecule has 0 unspecified atom stereocenters. The Labute approximate surface area is 151 Å². The summed E-state index contributed by atoms with van der Waals surface area (Å²) >= 11 is 5.65. The van der Waals surface area contributed by atoms with Gasteiger partial charge < -0.3 is 14.9 Å². The maximum Gasteiger partial charge on any atom is 0.337 e. The molecule has 1 aromatic heterocycles. The SMILES string of the molecule is COC(=O)c1ccc2nnn(OCC(=O)Nc3ccc(Cl)cc3F)c2c1. The number of nitrogens with zero attached hydrogens (tertiary/aromatic N) is 3. The van der Waals surface area contributed by atoms with Crippen molar-refractivity contribution in [2.75, 3.05) is 19.0 Å². The van der Waals surface area contributed by atoms with Gasteiger partial charge in [0.1, 0.15) is 16.9 Å². The number of nitrogens with one attached hydrogen (secondary N) is 1. The topological polar surface area (TPSA) is 95.3 Å². The predicted octanol–water partition coefficient (Wildman–Crippen LogP) is 2.08. The van der Waals surface area contributed by atoms with E-state index in [1.54, 1.807) is 6.07 Å². The highest BCUT2D eigenvalue weighted by molar-refractivity contribution is 6.30. The summed E-state index contributed by atoms with van der Waals surface area (Å²) in [5.74, 6) is -1.81.